The second kappa shape index (κ2) is 8.93. The second-order valence-corrected chi connectivity index (χ2v) is 6.56. The number of nitrogens with zero attached hydrogens (tertiary/aromatic N) is 4. The van der Waals surface area contributed by atoms with Crippen LogP contribution in [-0.4, -0.2) is 28.8 Å². The molecular formula is C22H23N5. The fourth-order valence-corrected chi connectivity index (χ4v) is 3.07. The molecule has 1 heterocycles. The van der Waals surface area contributed by atoms with Gasteiger partial charge in [0.05, 0.1) is 0 Å². The van der Waals surface area contributed by atoms with Gasteiger partial charge in [0.1, 0.15) is 5.84 Å². The highest BCUT2D eigenvalue weighted by Gasteiger charge is 2.13. The van der Waals surface area contributed by atoms with Crippen LogP contribution in [-0.2, 0) is 13.0 Å². The normalized spacial score (nSPS) is 11.4. The lowest BCUT2D eigenvalue weighted by atomic mass is 10.1. The Morgan fingerprint density at radius 2 is 1.89 bits per heavy atom. The Kier molecular flexibility index (Phi) is 6.14. The van der Waals surface area contributed by atoms with E-state index in [1.165, 1.54) is 11.1 Å². The molecule has 5 heteroatoms. The fourth-order valence-electron chi connectivity index (χ4n) is 3.07. The van der Waals surface area contributed by atoms with Gasteiger partial charge in [-0.25, -0.2) is 0 Å². The van der Waals surface area contributed by atoms with Crippen LogP contribution in [0.15, 0.2) is 65.9 Å². The van der Waals surface area contributed by atoms with Gasteiger partial charge in [0.2, 0.25) is 6.19 Å². The zero-order valence-corrected chi connectivity index (χ0v) is 15.5. The van der Waals surface area contributed by atoms with E-state index in [9.17, 15) is 5.26 Å². The summed E-state index contributed by atoms with van der Waals surface area (Å²) in [4.78, 5) is 10.3. The van der Waals surface area contributed by atoms with Crippen LogP contribution in [0.4, 0.5) is 0 Å². The lowest BCUT2D eigenvalue weighted by molar-refractivity contribution is 0.416. The number of fused-ring (bicyclic) bond motifs is 1. The van der Waals surface area contributed by atoms with Crippen molar-refractivity contribution in [2.75, 3.05) is 13.1 Å². The van der Waals surface area contributed by atoms with Crippen LogP contribution in [0.5, 0.6) is 0 Å². The van der Waals surface area contributed by atoms with Gasteiger partial charge >= 0.3 is 0 Å². The smallest absolute Gasteiger partial charge is 0.207 e. The summed E-state index contributed by atoms with van der Waals surface area (Å²) in [5, 5.41) is 11.4. The summed E-state index contributed by atoms with van der Waals surface area (Å²) in [6, 6.07) is 16.6. The fraction of sp³-hybridized carbons (Fsp3) is 0.227. The Morgan fingerprint density at radius 3 is 2.63 bits per heavy atom. The molecule has 0 spiro atoms. The van der Waals surface area contributed by atoms with Crippen molar-refractivity contribution in [2.24, 2.45) is 10.7 Å². The SMILES string of the molecule is Cc1ccc(CN(CCN)C(Cc2ccc3cnccc3c2)=NC#N)cc1. The molecule has 5 nitrogen and oxygen atoms in total. The molecule has 0 radical (unpaired) electrons. The number of nitriles is 1. The Bertz CT molecular complexity index is 970. The van der Waals surface area contributed by atoms with E-state index < -0.39 is 0 Å². The first-order valence-corrected chi connectivity index (χ1v) is 8.98. The summed E-state index contributed by atoms with van der Waals surface area (Å²) in [6.07, 6.45) is 6.17. The van der Waals surface area contributed by atoms with Crippen LogP contribution in [0.25, 0.3) is 10.8 Å². The first kappa shape index (κ1) is 18.6. The van der Waals surface area contributed by atoms with Crippen LogP contribution in [0.2, 0.25) is 0 Å². The van der Waals surface area contributed by atoms with Crippen molar-refractivity contribution in [3.63, 3.8) is 0 Å². The zero-order valence-electron chi connectivity index (χ0n) is 15.5. The second-order valence-electron chi connectivity index (χ2n) is 6.56. The summed E-state index contributed by atoms with van der Waals surface area (Å²) in [6.45, 7) is 3.89. The molecular weight excluding hydrogens is 334 g/mol. The molecule has 2 aromatic carbocycles. The maximum Gasteiger partial charge on any atom is 0.207 e. The van der Waals surface area contributed by atoms with Gasteiger partial charge in [-0.3, -0.25) is 4.98 Å². The van der Waals surface area contributed by atoms with Crippen molar-refractivity contribution in [3.05, 3.63) is 77.6 Å². The number of pyridine rings is 1. The van der Waals surface area contributed by atoms with Gasteiger partial charge in [-0.15, -0.1) is 0 Å². The van der Waals surface area contributed by atoms with E-state index in [1.54, 1.807) is 6.20 Å². The molecule has 0 saturated carbocycles. The number of aromatic nitrogens is 1. The predicted molar refractivity (Wildman–Crippen MR) is 109 cm³/mol. The van der Waals surface area contributed by atoms with Crippen molar-refractivity contribution in [1.82, 2.24) is 9.88 Å². The number of rotatable bonds is 6. The lowest BCUT2D eigenvalue weighted by Crippen LogP contribution is -2.36. The third-order valence-electron chi connectivity index (χ3n) is 4.50. The highest BCUT2D eigenvalue weighted by atomic mass is 15.2. The van der Waals surface area contributed by atoms with Gasteiger partial charge in [-0.1, -0.05) is 48.0 Å². The molecule has 0 saturated heterocycles. The standard InChI is InChI=1S/C22H23N5/c1-17-2-4-18(5-3-17)15-27(11-9-23)22(26-16-24)13-19-6-7-21-14-25-10-8-20(21)12-19/h2-8,10,12,14H,9,11,13,15,23H2,1H3. The summed E-state index contributed by atoms with van der Waals surface area (Å²) in [5.74, 6) is 0.733. The predicted octanol–water partition coefficient (Wildman–Crippen LogP) is 3.43. The number of benzene rings is 2. The molecule has 0 bridgehead atoms. The molecule has 0 fully saturated rings. The number of aliphatic imine (C=N–C) groups is 1. The highest BCUT2D eigenvalue weighted by molar-refractivity contribution is 5.88. The first-order chi connectivity index (χ1) is 13.2. The van der Waals surface area contributed by atoms with Crippen LogP contribution < -0.4 is 5.73 Å². The largest absolute Gasteiger partial charge is 0.353 e. The zero-order chi connectivity index (χ0) is 19.1. The summed E-state index contributed by atoms with van der Waals surface area (Å²) < 4.78 is 0. The molecule has 1 aromatic heterocycles. The molecule has 27 heavy (non-hydrogen) atoms. The van der Waals surface area contributed by atoms with E-state index >= 15 is 0 Å². The summed E-state index contributed by atoms with van der Waals surface area (Å²) in [7, 11) is 0. The van der Waals surface area contributed by atoms with E-state index in [0.29, 0.717) is 26.1 Å². The Hall–Kier alpha value is -3.23. The molecule has 136 valence electrons. The summed E-state index contributed by atoms with van der Waals surface area (Å²) >= 11 is 0. The van der Waals surface area contributed by atoms with E-state index in [0.717, 1.165) is 22.2 Å². The monoisotopic (exact) mass is 357 g/mol. The van der Waals surface area contributed by atoms with E-state index in [2.05, 4.69) is 64.3 Å². The molecule has 3 rings (SSSR count). The number of hydrogen-bond donors (Lipinski definition) is 1. The number of hydrogen-bond acceptors (Lipinski definition) is 4. The van der Waals surface area contributed by atoms with Crippen LogP contribution in [0, 0.1) is 18.4 Å². The van der Waals surface area contributed by atoms with Gasteiger partial charge in [0.15, 0.2) is 0 Å². The lowest BCUT2D eigenvalue weighted by Gasteiger charge is -2.25. The Labute approximate surface area is 159 Å². The van der Waals surface area contributed by atoms with Crippen molar-refractivity contribution in [2.45, 2.75) is 19.9 Å². The molecule has 0 atom stereocenters. The minimum Gasteiger partial charge on any atom is -0.353 e. The third-order valence-corrected chi connectivity index (χ3v) is 4.50. The van der Waals surface area contributed by atoms with Crippen LogP contribution in [0.3, 0.4) is 0 Å². The molecule has 0 aliphatic rings. The average molecular weight is 357 g/mol. The Morgan fingerprint density at radius 1 is 1.11 bits per heavy atom. The van der Waals surface area contributed by atoms with Gasteiger partial charge in [-0.05, 0) is 29.5 Å². The molecule has 2 N–H and O–H groups in total. The topological polar surface area (TPSA) is 78.3 Å². The van der Waals surface area contributed by atoms with Crippen molar-refractivity contribution in [3.8, 4) is 6.19 Å². The molecule has 3 aromatic rings. The molecule has 0 unspecified atom stereocenters. The van der Waals surface area contributed by atoms with Gasteiger partial charge < -0.3 is 10.6 Å². The van der Waals surface area contributed by atoms with E-state index in [1.807, 2.05) is 18.5 Å². The van der Waals surface area contributed by atoms with Crippen molar-refractivity contribution < 1.29 is 0 Å². The first-order valence-electron chi connectivity index (χ1n) is 8.98. The average Bonchev–Trinajstić information content (AvgIpc) is 2.69. The summed E-state index contributed by atoms with van der Waals surface area (Å²) in [5.41, 5.74) is 9.32. The van der Waals surface area contributed by atoms with Crippen LogP contribution in [0.1, 0.15) is 16.7 Å². The maximum atomic E-state index is 9.20. The maximum absolute atomic E-state index is 9.20. The highest BCUT2D eigenvalue weighted by Crippen LogP contribution is 2.17. The quantitative estimate of drug-likeness (QED) is 0.416. The van der Waals surface area contributed by atoms with Gasteiger partial charge in [0, 0.05) is 43.8 Å². The van der Waals surface area contributed by atoms with Gasteiger partial charge in [0.25, 0.3) is 0 Å². The minimum atomic E-state index is 0.500. The molecule has 0 aliphatic carbocycles. The Balaban J connectivity index is 1.85. The molecule has 0 amide bonds. The minimum absolute atomic E-state index is 0.500. The van der Waals surface area contributed by atoms with Crippen LogP contribution >= 0.6 is 0 Å². The van der Waals surface area contributed by atoms with Gasteiger partial charge in [-0.2, -0.15) is 10.3 Å². The molecule has 0 aliphatic heterocycles. The van der Waals surface area contributed by atoms with E-state index in [-0.39, 0.29) is 0 Å². The van der Waals surface area contributed by atoms with E-state index in [4.69, 9.17) is 5.73 Å². The number of aryl methyl sites for hydroxylation is 1. The third kappa shape index (κ3) is 4.90. The number of amidine groups is 1. The number of nitrogens with two attached hydrogens (primary N) is 1. The van der Waals surface area contributed by atoms with Crippen molar-refractivity contribution in [1.29, 1.82) is 5.26 Å². The van der Waals surface area contributed by atoms with Crippen molar-refractivity contribution >= 4 is 16.6 Å².